The van der Waals surface area contributed by atoms with E-state index in [1.165, 1.54) is 31.2 Å². The Balaban J connectivity index is 2.41. The predicted molar refractivity (Wildman–Crippen MR) is 119 cm³/mol. The summed E-state index contributed by atoms with van der Waals surface area (Å²) in [5.41, 5.74) is 1.23. The van der Waals surface area contributed by atoms with Crippen LogP contribution in [0, 0.1) is 5.92 Å². The lowest BCUT2D eigenvalue weighted by Gasteiger charge is -2.15. The SMILES string of the molecule is CC(C)C(=O)Nc1ccc(Oc2c(Cl)cc(C(C)C(=O)O)cc2Cl)cc1/C=C/C(=O)O. The molecule has 0 aliphatic heterocycles. The monoisotopic (exact) mass is 465 g/mol. The molecule has 0 saturated heterocycles. The number of rotatable bonds is 8. The van der Waals surface area contributed by atoms with Crippen molar-refractivity contribution in [2.24, 2.45) is 5.92 Å². The molecule has 1 amide bonds. The summed E-state index contributed by atoms with van der Waals surface area (Å²) in [5, 5.41) is 21.1. The zero-order valence-corrected chi connectivity index (χ0v) is 18.5. The number of ether oxygens (including phenoxy) is 1. The predicted octanol–water partition coefficient (Wildman–Crippen LogP) is 5.67. The van der Waals surface area contributed by atoms with Crippen LogP contribution in [0.15, 0.2) is 36.4 Å². The average molecular weight is 466 g/mol. The number of carboxylic acid groups (broad SMARTS) is 2. The van der Waals surface area contributed by atoms with E-state index in [1.807, 2.05) is 0 Å². The van der Waals surface area contributed by atoms with Gasteiger partial charge in [0.15, 0.2) is 5.75 Å². The van der Waals surface area contributed by atoms with E-state index in [2.05, 4.69) is 5.32 Å². The average Bonchev–Trinajstić information content (AvgIpc) is 2.69. The zero-order valence-electron chi connectivity index (χ0n) is 17.0. The third kappa shape index (κ3) is 6.47. The van der Waals surface area contributed by atoms with Crippen molar-refractivity contribution in [1.82, 2.24) is 0 Å². The molecule has 2 aromatic rings. The van der Waals surface area contributed by atoms with Crippen molar-refractivity contribution >= 4 is 52.8 Å². The summed E-state index contributed by atoms with van der Waals surface area (Å²) in [6, 6.07) is 7.58. The topological polar surface area (TPSA) is 113 Å². The lowest BCUT2D eigenvalue weighted by molar-refractivity contribution is -0.138. The fraction of sp³-hybridized carbons (Fsp3) is 0.227. The van der Waals surface area contributed by atoms with Crippen molar-refractivity contribution in [2.45, 2.75) is 26.7 Å². The van der Waals surface area contributed by atoms with Crippen LogP contribution in [0.1, 0.15) is 37.8 Å². The van der Waals surface area contributed by atoms with Crippen molar-refractivity contribution in [1.29, 1.82) is 0 Å². The van der Waals surface area contributed by atoms with Crippen LogP contribution in [-0.2, 0) is 14.4 Å². The van der Waals surface area contributed by atoms with Crippen molar-refractivity contribution in [3.05, 3.63) is 57.6 Å². The van der Waals surface area contributed by atoms with Gasteiger partial charge in [0.05, 0.1) is 16.0 Å². The van der Waals surface area contributed by atoms with Gasteiger partial charge in [-0.1, -0.05) is 37.0 Å². The first-order valence-electron chi connectivity index (χ1n) is 9.25. The number of amides is 1. The van der Waals surface area contributed by atoms with E-state index >= 15 is 0 Å². The number of carboxylic acids is 2. The zero-order chi connectivity index (χ0) is 23.3. The summed E-state index contributed by atoms with van der Waals surface area (Å²) in [4.78, 5) is 34.2. The third-order valence-electron chi connectivity index (χ3n) is 4.32. The molecule has 9 heteroatoms. The second-order valence-corrected chi connectivity index (χ2v) is 7.85. The number of anilines is 1. The maximum Gasteiger partial charge on any atom is 0.328 e. The summed E-state index contributed by atoms with van der Waals surface area (Å²) < 4.78 is 5.78. The Labute approximate surface area is 189 Å². The molecular formula is C22H21Cl2NO6. The second kappa shape index (κ2) is 10.3. The first-order valence-corrected chi connectivity index (χ1v) is 10.0. The number of carbonyl (C=O) groups is 3. The number of carbonyl (C=O) groups excluding carboxylic acids is 1. The summed E-state index contributed by atoms with van der Waals surface area (Å²) >= 11 is 12.5. The lowest BCUT2D eigenvalue weighted by atomic mass is 10.0. The molecule has 0 heterocycles. The van der Waals surface area contributed by atoms with Crippen LogP contribution in [0.4, 0.5) is 5.69 Å². The van der Waals surface area contributed by atoms with Crippen LogP contribution >= 0.6 is 23.2 Å². The van der Waals surface area contributed by atoms with E-state index in [1.54, 1.807) is 26.0 Å². The number of aliphatic carboxylic acids is 2. The molecule has 0 aliphatic rings. The first-order chi connectivity index (χ1) is 14.5. The minimum Gasteiger partial charge on any atom is -0.481 e. The first kappa shape index (κ1) is 24.2. The molecule has 0 aliphatic carbocycles. The molecule has 2 aromatic carbocycles. The summed E-state index contributed by atoms with van der Waals surface area (Å²) in [6.07, 6.45) is 2.26. The minimum absolute atomic E-state index is 0.121. The van der Waals surface area contributed by atoms with E-state index in [-0.39, 0.29) is 33.4 Å². The number of benzene rings is 2. The Kier molecular flexibility index (Phi) is 8.08. The molecule has 0 spiro atoms. The van der Waals surface area contributed by atoms with Crippen molar-refractivity contribution in [2.75, 3.05) is 5.32 Å². The van der Waals surface area contributed by atoms with Gasteiger partial charge in [0.25, 0.3) is 0 Å². The van der Waals surface area contributed by atoms with Gasteiger partial charge in [0.1, 0.15) is 5.75 Å². The van der Waals surface area contributed by atoms with Crippen LogP contribution in [0.2, 0.25) is 10.0 Å². The lowest BCUT2D eigenvalue weighted by Crippen LogP contribution is -2.18. The molecule has 164 valence electrons. The van der Waals surface area contributed by atoms with Crippen molar-refractivity contribution < 1.29 is 29.3 Å². The highest BCUT2D eigenvalue weighted by Crippen LogP contribution is 2.39. The Morgan fingerprint density at radius 3 is 2.16 bits per heavy atom. The quantitative estimate of drug-likeness (QED) is 0.433. The van der Waals surface area contributed by atoms with Crippen molar-refractivity contribution in [3.63, 3.8) is 0 Å². The minimum atomic E-state index is -1.15. The molecule has 0 saturated carbocycles. The number of hydrogen-bond acceptors (Lipinski definition) is 4. The van der Waals surface area contributed by atoms with E-state index in [9.17, 15) is 14.4 Å². The Hall–Kier alpha value is -3.03. The molecule has 3 N–H and O–H groups in total. The van der Waals surface area contributed by atoms with Crippen molar-refractivity contribution in [3.8, 4) is 11.5 Å². The van der Waals surface area contributed by atoms with Crippen LogP contribution in [0.5, 0.6) is 11.5 Å². The Morgan fingerprint density at radius 2 is 1.65 bits per heavy atom. The smallest absolute Gasteiger partial charge is 0.328 e. The standard InChI is InChI=1S/C22H21Cl2NO6/c1-11(2)21(28)25-18-6-5-15(8-13(18)4-7-19(26)27)31-20-16(23)9-14(10-17(20)24)12(3)22(29)30/h4-12H,1-3H3,(H,25,28)(H,26,27)(H,29,30)/b7-4+. The van der Waals surface area contributed by atoms with Gasteiger partial charge >= 0.3 is 11.9 Å². The van der Waals surface area contributed by atoms with Crippen LogP contribution < -0.4 is 10.1 Å². The molecule has 1 unspecified atom stereocenters. The molecular weight excluding hydrogens is 445 g/mol. The number of hydrogen-bond donors (Lipinski definition) is 3. The largest absolute Gasteiger partial charge is 0.481 e. The molecule has 0 radical (unpaired) electrons. The van der Waals surface area contributed by atoms with Gasteiger partial charge in [-0.15, -0.1) is 0 Å². The fourth-order valence-corrected chi connectivity index (χ4v) is 3.06. The van der Waals surface area contributed by atoms with E-state index < -0.39 is 17.9 Å². The van der Waals surface area contributed by atoms with E-state index in [4.69, 9.17) is 38.2 Å². The molecule has 7 nitrogen and oxygen atoms in total. The van der Waals surface area contributed by atoms with E-state index in [0.717, 1.165) is 6.08 Å². The summed E-state index contributed by atoms with van der Waals surface area (Å²) in [6.45, 7) is 4.98. The Morgan fingerprint density at radius 1 is 1.03 bits per heavy atom. The van der Waals surface area contributed by atoms with Crippen LogP contribution in [0.25, 0.3) is 6.08 Å². The van der Waals surface area contributed by atoms with Gasteiger partial charge in [0.2, 0.25) is 5.91 Å². The molecule has 1 atom stereocenters. The fourth-order valence-electron chi connectivity index (χ4n) is 2.48. The molecule has 2 rings (SSSR count). The van der Waals surface area contributed by atoms with Crippen LogP contribution in [0.3, 0.4) is 0 Å². The van der Waals surface area contributed by atoms with Gasteiger partial charge in [-0.25, -0.2) is 4.79 Å². The normalized spacial score (nSPS) is 12.1. The molecule has 0 fully saturated rings. The van der Waals surface area contributed by atoms with Gasteiger partial charge < -0.3 is 20.3 Å². The Bertz CT molecular complexity index is 1030. The highest BCUT2D eigenvalue weighted by Gasteiger charge is 2.19. The highest BCUT2D eigenvalue weighted by atomic mass is 35.5. The van der Waals surface area contributed by atoms with Gasteiger partial charge in [0, 0.05) is 23.2 Å². The molecule has 0 aromatic heterocycles. The highest BCUT2D eigenvalue weighted by molar-refractivity contribution is 6.37. The molecule has 0 bridgehead atoms. The number of halogens is 2. The number of nitrogens with one attached hydrogen (secondary N) is 1. The van der Waals surface area contributed by atoms with Gasteiger partial charge in [-0.05, 0) is 48.9 Å². The maximum absolute atomic E-state index is 12.0. The van der Waals surface area contributed by atoms with E-state index in [0.29, 0.717) is 16.8 Å². The van der Waals surface area contributed by atoms with Gasteiger partial charge in [-0.3, -0.25) is 9.59 Å². The summed E-state index contributed by atoms with van der Waals surface area (Å²) in [7, 11) is 0. The van der Waals surface area contributed by atoms with Gasteiger partial charge in [-0.2, -0.15) is 0 Å². The second-order valence-electron chi connectivity index (χ2n) is 7.04. The summed E-state index contributed by atoms with van der Waals surface area (Å²) in [5.74, 6) is -3.06. The van der Waals surface area contributed by atoms with Crippen LogP contribution in [-0.4, -0.2) is 28.1 Å². The maximum atomic E-state index is 12.0. The third-order valence-corrected chi connectivity index (χ3v) is 4.88. The molecule has 31 heavy (non-hydrogen) atoms.